The molecule has 156 valence electrons. The van der Waals surface area contributed by atoms with Crippen molar-refractivity contribution in [3.8, 4) is 5.75 Å². The topological polar surface area (TPSA) is 36.5 Å². The fraction of sp³-hybridized carbons (Fsp3) is 0.409. The molecule has 1 saturated heterocycles. The Labute approximate surface area is 182 Å². The summed E-state index contributed by atoms with van der Waals surface area (Å²) in [7, 11) is 1.68. The molecule has 0 saturated carbocycles. The van der Waals surface area contributed by atoms with Crippen LogP contribution >= 0.6 is 23.8 Å². The van der Waals surface area contributed by atoms with Crippen LogP contribution in [0, 0.1) is 5.82 Å². The van der Waals surface area contributed by atoms with E-state index in [9.17, 15) is 4.39 Å². The van der Waals surface area contributed by atoms with Crippen molar-refractivity contribution in [3.05, 3.63) is 58.9 Å². The lowest BCUT2D eigenvalue weighted by Gasteiger charge is -2.31. The average molecular weight is 436 g/mol. The number of hydrogen-bond donors (Lipinski definition) is 2. The van der Waals surface area contributed by atoms with Crippen LogP contribution < -0.4 is 15.4 Å². The second-order valence-electron chi connectivity index (χ2n) is 7.20. The summed E-state index contributed by atoms with van der Waals surface area (Å²) < 4.78 is 18.6. The summed E-state index contributed by atoms with van der Waals surface area (Å²) in [6.45, 7) is 2.82. The van der Waals surface area contributed by atoms with Gasteiger partial charge in [-0.1, -0.05) is 36.6 Å². The van der Waals surface area contributed by atoms with Gasteiger partial charge in [0.1, 0.15) is 11.6 Å². The van der Waals surface area contributed by atoms with Crippen LogP contribution in [0.4, 0.5) is 10.1 Å². The van der Waals surface area contributed by atoms with Crippen molar-refractivity contribution in [2.45, 2.75) is 31.7 Å². The highest BCUT2D eigenvalue weighted by molar-refractivity contribution is 7.80. The Morgan fingerprint density at radius 2 is 1.83 bits per heavy atom. The zero-order valence-corrected chi connectivity index (χ0v) is 18.2. The molecular weight excluding hydrogens is 409 g/mol. The number of benzene rings is 2. The fourth-order valence-corrected chi connectivity index (χ4v) is 4.01. The second kappa shape index (κ2) is 10.8. The van der Waals surface area contributed by atoms with E-state index >= 15 is 0 Å². The summed E-state index contributed by atoms with van der Waals surface area (Å²) in [5.41, 5.74) is 1.89. The van der Waals surface area contributed by atoms with Gasteiger partial charge in [-0.3, -0.25) is 4.90 Å². The zero-order chi connectivity index (χ0) is 20.6. The molecule has 3 rings (SSSR count). The molecule has 7 heteroatoms. The van der Waals surface area contributed by atoms with Gasteiger partial charge in [-0.2, -0.15) is 0 Å². The number of methoxy groups -OCH3 is 1. The van der Waals surface area contributed by atoms with Crippen LogP contribution in [0.1, 0.15) is 37.3 Å². The Balaban J connectivity index is 1.68. The molecule has 0 unspecified atom stereocenters. The van der Waals surface area contributed by atoms with Crippen LogP contribution in [0.3, 0.4) is 0 Å². The Morgan fingerprint density at radius 3 is 2.45 bits per heavy atom. The SMILES string of the molecule is COc1ccc([C@@H](CNC(=S)Nc2ccc(F)c(Cl)c2)N2CCCCCC2)cc1. The molecule has 29 heavy (non-hydrogen) atoms. The molecule has 0 radical (unpaired) electrons. The number of rotatable bonds is 6. The molecule has 1 aliphatic heterocycles. The molecule has 1 fully saturated rings. The predicted molar refractivity (Wildman–Crippen MR) is 121 cm³/mol. The number of nitrogens with one attached hydrogen (secondary N) is 2. The number of hydrogen-bond acceptors (Lipinski definition) is 3. The van der Waals surface area contributed by atoms with E-state index in [1.165, 1.54) is 43.4 Å². The monoisotopic (exact) mass is 435 g/mol. The molecule has 0 aromatic heterocycles. The first-order valence-electron chi connectivity index (χ1n) is 9.94. The number of ether oxygens (including phenoxy) is 1. The number of nitrogens with zero attached hydrogens (tertiary/aromatic N) is 1. The molecule has 2 aromatic rings. The van der Waals surface area contributed by atoms with Gasteiger partial charge in [0.15, 0.2) is 5.11 Å². The van der Waals surface area contributed by atoms with Gasteiger partial charge in [0.05, 0.1) is 18.2 Å². The van der Waals surface area contributed by atoms with Crippen LogP contribution in [0.15, 0.2) is 42.5 Å². The number of likely N-dealkylation sites (tertiary alicyclic amines) is 1. The molecule has 0 amide bonds. The maximum Gasteiger partial charge on any atom is 0.170 e. The van der Waals surface area contributed by atoms with Crippen LogP contribution in [0.25, 0.3) is 0 Å². The molecule has 2 N–H and O–H groups in total. The summed E-state index contributed by atoms with van der Waals surface area (Å²) in [6, 6.07) is 12.9. The van der Waals surface area contributed by atoms with Gasteiger partial charge in [0.25, 0.3) is 0 Å². The Hall–Kier alpha value is -1.89. The number of thiocarbonyl (C=S) groups is 1. The van der Waals surface area contributed by atoms with E-state index in [4.69, 9.17) is 28.6 Å². The standard InChI is InChI=1S/C22H27ClFN3OS/c1-28-18-9-6-16(7-10-18)21(27-12-4-2-3-5-13-27)15-25-22(29)26-17-8-11-20(24)19(23)14-17/h6-11,14,21H,2-5,12-13,15H2,1H3,(H2,25,26,29)/t21-/m1/s1. The largest absolute Gasteiger partial charge is 0.497 e. The molecule has 4 nitrogen and oxygen atoms in total. The van der Waals surface area contributed by atoms with Gasteiger partial charge in [-0.15, -0.1) is 0 Å². The molecule has 0 aliphatic carbocycles. The summed E-state index contributed by atoms with van der Waals surface area (Å²) in [6.07, 6.45) is 4.99. The lowest BCUT2D eigenvalue weighted by atomic mass is 10.0. The van der Waals surface area contributed by atoms with Gasteiger partial charge in [-0.25, -0.2) is 4.39 Å². The normalized spacial score (nSPS) is 16.0. The van der Waals surface area contributed by atoms with Gasteiger partial charge >= 0.3 is 0 Å². The maximum absolute atomic E-state index is 13.3. The van der Waals surface area contributed by atoms with Crippen molar-refractivity contribution in [2.24, 2.45) is 0 Å². The predicted octanol–water partition coefficient (Wildman–Crippen LogP) is 5.39. The Kier molecular flexibility index (Phi) is 8.09. The van der Waals surface area contributed by atoms with Crippen molar-refractivity contribution in [2.75, 3.05) is 32.1 Å². The van der Waals surface area contributed by atoms with Gasteiger partial charge < -0.3 is 15.4 Å². The van der Waals surface area contributed by atoms with Crippen LogP contribution in [-0.2, 0) is 0 Å². The first-order chi connectivity index (χ1) is 14.1. The highest BCUT2D eigenvalue weighted by atomic mass is 35.5. The first kappa shape index (κ1) is 21.8. The third-order valence-corrected chi connectivity index (χ3v) is 5.75. The summed E-state index contributed by atoms with van der Waals surface area (Å²) >= 11 is 11.3. The lowest BCUT2D eigenvalue weighted by molar-refractivity contribution is 0.205. The smallest absolute Gasteiger partial charge is 0.170 e. The van der Waals surface area contributed by atoms with Crippen LogP contribution in [-0.4, -0.2) is 36.8 Å². The molecular formula is C22H27ClFN3OS. The van der Waals surface area contributed by atoms with E-state index in [0.29, 0.717) is 17.3 Å². The molecule has 1 atom stereocenters. The highest BCUT2D eigenvalue weighted by Gasteiger charge is 2.22. The minimum absolute atomic E-state index is 0.0680. The average Bonchev–Trinajstić information content (AvgIpc) is 3.01. The fourth-order valence-electron chi connectivity index (χ4n) is 3.63. The van der Waals surface area contributed by atoms with Crippen molar-refractivity contribution < 1.29 is 9.13 Å². The number of anilines is 1. The van der Waals surface area contributed by atoms with Crippen LogP contribution in [0.5, 0.6) is 5.75 Å². The van der Waals surface area contributed by atoms with E-state index in [1.807, 2.05) is 12.1 Å². The van der Waals surface area contributed by atoms with Gasteiger partial charge in [-0.05, 0) is 74.0 Å². The summed E-state index contributed by atoms with van der Waals surface area (Å²) in [5.74, 6) is 0.401. The van der Waals surface area contributed by atoms with E-state index in [2.05, 4.69) is 27.7 Å². The van der Waals surface area contributed by atoms with Gasteiger partial charge in [0, 0.05) is 12.2 Å². The van der Waals surface area contributed by atoms with Crippen molar-refractivity contribution in [1.29, 1.82) is 0 Å². The Morgan fingerprint density at radius 1 is 1.14 bits per heavy atom. The zero-order valence-electron chi connectivity index (χ0n) is 16.6. The Bertz CT molecular complexity index is 810. The molecule has 0 bridgehead atoms. The highest BCUT2D eigenvalue weighted by Crippen LogP contribution is 2.26. The molecule has 1 heterocycles. The lowest BCUT2D eigenvalue weighted by Crippen LogP contribution is -2.40. The third kappa shape index (κ3) is 6.29. The van der Waals surface area contributed by atoms with Crippen LogP contribution in [0.2, 0.25) is 5.02 Å². The minimum atomic E-state index is -0.447. The molecule has 1 aliphatic rings. The summed E-state index contributed by atoms with van der Waals surface area (Å²) in [5, 5.41) is 6.96. The van der Waals surface area contributed by atoms with Crippen molar-refractivity contribution in [3.63, 3.8) is 0 Å². The minimum Gasteiger partial charge on any atom is -0.497 e. The van der Waals surface area contributed by atoms with Crippen molar-refractivity contribution in [1.82, 2.24) is 10.2 Å². The first-order valence-corrected chi connectivity index (χ1v) is 10.7. The number of halogens is 2. The second-order valence-corrected chi connectivity index (χ2v) is 8.02. The summed E-state index contributed by atoms with van der Waals surface area (Å²) in [4.78, 5) is 2.53. The molecule has 2 aromatic carbocycles. The van der Waals surface area contributed by atoms with Gasteiger partial charge in [0.2, 0.25) is 0 Å². The van der Waals surface area contributed by atoms with E-state index in [1.54, 1.807) is 13.2 Å². The quantitative estimate of drug-likeness (QED) is 0.595. The molecule has 0 spiro atoms. The van der Waals surface area contributed by atoms with Crippen molar-refractivity contribution >= 4 is 34.6 Å². The maximum atomic E-state index is 13.3. The van der Waals surface area contributed by atoms with E-state index in [0.717, 1.165) is 18.8 Å². The van der Waals surface area contributed by atoms with E-state index in [-0.39, 0.29) is 11.1 Å². The third-order valence-electron chi connectivity index (χ3n) is 5.22. The van der Waals surface area contributed by atoms with E-state index < -0.39 is 5.82 Å².